The predicted octanol–water partition coefficient (Wildman–Crippen LogP) is 3.33. The molecule has 6 heteroatoms. The number of aliphatic carboxylic acids is 1. The fourth-order valence-electron chi connectivity index (χ4n) is 1.13. The highest BCUT2D eigenvalue weighted by Gasteiger charge is 2.30. The largest absolute Gasteiger partial charge is 0.481 e. The molecule has 0 spiro atoms. The number of rotatable bonds is 3. The van der Waals surface area contributed by atoms with Gasteiger partial charge in [0.05, 0.1) is 12.0 Å². The van der Waals surface area contributed by atoms with Crippen molar-refractivity contribution in [3.8, 4) is 0 Å². The van der Waals surface area contributed by atoms with E-state index >= 15 is 0 Å². The molecule has 0 aliphatic carbocycles. The minimum atomic E-state index is -4.55. The van der Waals surface area contributed by atoms with Gasteiger partial charge in [-0.15, -0.1) is 0 Å². The number of carboxylic acid groups (broad SMARTS) is 1. The second kappa shape index (κ2) is 4.99. The number of benzene rings is 1. The van der Waals surface area contributed by atoms with E-state index in [-0.39, 0.29) is 12.0 Å². The molecule has 0 aliphatic rings. The average Bonchev–Trinajstić information content (AvgIpc) is 2.18. The van der Waals surface area contributed by atoms with Crippen molar-refractivity contribution < 1.29 is 27.5 Å². The van der Waals surface area contributed by atoms with Crippen molar-refractivity contribution in [2.24, 2.45) is 0 Å². The van der Waals surface area contributed by atoms with Crippen LogP contribution in [-0.2, 0) is 11.0 Å². The molecule has 1 aromatic carbocycles. The first-order chi connectivity index (χ1) is 7.80. The first kappa shape index (κ1) is 13.2. The molecule has 0 unspecified atom stereocenters. The summed E-state index contributed by atoms with van der Waals surface area (Å²) in [5.41, 5.74) is -1.27. The molecule has 0 saturated carbocycles. The van der Waals surface area contributed by atoms with Gasteiger partial charge in [0.2, 0.25) is 0 Å². The Bertz CT molecular complexity index is 449. The Morgan fingerprint density at radius 1 is 1.35 bits per heavy atom. The van der Waals surface area contributed by atoms with Crippen LogP contribution in [0, 0.1) is 5.82 Å². The van der Waals surface area contributed by atoms with Gasteiger partial charge in [-0.25, -0.2) is 4.39 Å². The first-order valence-electron chi connectivity index (χ1n) is 4.56. The van der Waals surface area contributed by atoms with Crippen molar-refractivity contribution in [1.82, 2.24) is 0 Å². The summed E-state index contributed by atoms with van der Waals surface area (Å²) in [6, 6.07) is 1.96. The Morgan fingerprint density at radius 3 is 2.53 bits per heavy atom. The standard InChI is InChI=1S/C11H8F4O2/c12-9-5-4-8(11(13,14)15)6-7(9)2-1-3-10(16)17/h1-2,4-6H,3H2,(H,16,17). The second-order valence-corrected chi connectivity index (χ2v) is 3.23. The van der Waals surface area contributed by atoms with Crippen LogP contribution >= 0.6 is 0 Å². The van der Waals surface area contributed by atoms with Crippen LogP contribution in [-0.4, -0.2) is 11.1 Å². The summed E-state index contributed by atoms with van der Waals surface area (Å²) < 4.78 is 50.0. The van der Waals surface area contributed by atoms with E-state index in [0.717, 1.165) is 12.2 Å². The average molecular weight is 248 g/mol. The molecule has 0 fully saturated rings. The normalized spacial score (nSPS) is 12.0. The minimum Gasteiger partial charge on any atom is -0.481 e. The third kappa shape index (κ3) is 3.90. The van der Waals surface area contributed by atoms with Gasteiger partial charge in [0.1, 0.15) is 5.82 Å². The van der Waals surface area contributed by atoms with E-state index in [1.807, 2.05) is 0 Å². The van der Waals surface area contributed by atoms with Crippen molar-refractivity contribution in [3.63, 3.8) is 0 Å². The maximum Gasteiger partial charge on any atom is 0.416 e. The Hall–Kier alpha value is -1.85. The van der Waals surface area contributed by atoms with Gasteiger partial charge in [0.15, 0.2) is 0 Å². The third-order valence-corrected chi connectivity index (χ3v) is 1.91. The van der Waals surface area contributed by atoms with Gasteiger partial charge < -0.3 is 5.11 Å². The molecule has 0 bridgehead atoms. The fraction of sp³-hybridized carbons (Fsp3) is 0.182. The van der Waals surface area contributed by atoms with Gasteiger partial charge in [0.25, 0.3) is 0 Å². The van der Waals surface area contributed by atoms with Gasteiger partial charge >= 0.3 is 12.1 Å². The molecule has 1 N–H and O–H groups in total. The fourth-order valence-corrected chi connectivity index (χ4v) is 1.13. The van der Waals surface area contributed by atoms with E-state index in [9.17, 15) is 22.4 Å². The highest BCUT2D eigenvalue weighted by Crippen LogP contribution is 2.30. The quantitative estimate of drug-likeness (QED) is 0.833. The maximum atomic E-state index is 13.1. The van der Waals surface area contributed by atoms with Crippen molar-refractivity contribution in [2.75, 3.05) is 0 Å². The summed E-state index contributed by atoms with van der Waals surface area (Å²) in [6.45, 7) is 0. The number of carbonyl (C=O) groups is 1. The summed E-state index contributed by atoms with van der Waals surface area (Å²) in [4.78, 5) is 10.2. The number of alkyl halides is 3. The molecule has 1 rings (SSSR count). The number of carboxylic acids is 1. The van der Waals surface area contributed by atoms with Crippen LogP contribution in [0.2, 0.25) is 0 Å². The van der Waals surface area contributed by atoms with Gasteiger partial charge in [-0.1, -0.05) is 12.2 Å². The smallest absolute Gasteiger partial charge is 0.416 e. The van der Waals surface area contributed by atoms with Crippen molar-refractivity contribution >= 4 is 12.0 Å². The number of hydrogen-bond donors (Lipinski definition) is 1. The maximum absolute atomic E-state index is 13.1. The molecule has 0 aliphatic heterocycles. The van der Waals surface area contributed by atoms with E-state index in [4.69, 9.17) is 5.11 Å². The lowest BCUT2D eigenvalue weighted by Gasteiger charge is -2.07. The van der Waals surface area contributed by atoms with Gasteiger partial charge in [-0.3, -0.25) is 4.79 Å². The van der Waals surface area contributed by atoms with E-state index in [1.165, 1.54) is 0 Å². The lowest BCUT2D eigenvalue weighted by Crippen LogP contribution is -2.05. The van der Waals surface area contributed by atoms with Gasteiger partial charge in [-0.2, -0.15) is 13.2 Å². The van der Waals surface area contributed by atoms with Crippen LogP contribution in [0.5, 0.6) is 0 Å². The summed E-state index contributed by atoms with van der Waals surface area (Å²) in [5.74, 6) is -1.98. The van der Waals surface area contributed by atoms with Crippen molar-refractivity contribution in [3.05, 3.63) is 41.2 Å². The zero-order valence-electron chi connectivity index (χ0n) is 8.46. The molecule has 17 heavy (non-hydrogen) atoms. The zero-order valence-corrected chi connectivity index (χ0v) is 8.46. The van der Waals surface area contributed by atoms with Crippen LogP contribution < -0.4 is 0 Å². The molecule has 0 aromatic heterocycles. The third-order valence-electron chi connectivity index (χ3n) is 1.91. The predicted molar refractivity (Wildman–Crippen MR) is 52.7 cm³/mol. The van der Waals surface area contributed by atoms with Crippen LogP contribution in [0.1, 0.15) is 17.5 Å². The van der Waals surface area contributed by atoms with Crippen LogP contribution in [0.3, 0.4) is 0 Å². The molecule has 0 atom stereocenters. The lowest BCUT2D eigenvalue weighted by molar-refractivity contribution is -0.138. The zero-order chi connectivity index (χ0) is 13.1. The van der Waals surface area contributed by atoms with Crippen molar-refractivity contribution in [2.45, 2.75) is 12.6 Å². The number of hydrogen-bond acceptors (Lipinski definition) is 1. The molecule has 0 saturated heterocycles. The van der Waals surface area contributed by atoms with Crippen LogP contribution in [0.25, 0.3) is 6.08 Å². The Labute approximate surface area is 94.2 Å². The monoisotopic (exact) mass is 248 g/mol. The van der Waals surface area contributed by atoms with Gasteiger partial charge in [-0.05, 0) is 18.2 Å². The first-order valence-corrected chi connectivity index (χ1v) is 4.56. The van der Waals surface area contributed by atoms with Crippen molar-refractivity contribution in [1.29, 1.82) is 0 Å². The molecule has 0 radical (unpaired) electrons. The summed E-state index contributed by atoms with van der Waals surface area (Å²) in [5, 5.41) is 8.32. The van der Waals surface area contributed by atoms with E-state index in [0.29, 0.717) is 18.2 Å². The molecule has 2 nitrogen and oxygen atoms in total. The van der Waals surface area contributed by atoms with Crippen LogP contribution in [0.4, 0.5) is 17.6 Å². The van der Waals surface area contributed by atoms with E-state index < -0.39 is 23.5 Å². The SMILES string of the molecule is O=C(O)CC=Cc1cc(C(F)(F)F)ccc1F. The Kier molecular flexibility index (Phi) is 3.88. The lowest BCUT2D eigenvalue weighted by atomic mass is 10.1. The van der Waals surface area contributed by atoms with Gasteiger partial charge in [0, 0.05) is 5.56 Å². The highest BCUT2D eigenvalue weighted by atomic mass is 19.4. The molecule has 92 valence electrons. The highest BCUT2D eigenvalue weighted by molar-refractivity contribution is 5.70. The minimum absolute atomic E-state index is 0.291. The van der Waals surface area contributed by atoms with E-state index in [2.05, 4.69) is 0 Å². The molecule has 1 aromatic rings. The molecule has 0 heterocycles. The summed E-state index contributed by atoms with van der Waals surface area (Å²) in [6.07, 6.45) is -2.83. The Morgan fingerprint density at radius 2 is 2.00 bits per heavy atom. The molecular weight excluding hydrogens is 240 g/mol. The Balaban J connectivity index is 2.99. The topological polar surface area (TPSA) is 37.3 Å². The second-order valence-electron chi connectivity index (χ2n) is 3.23. The summed E-state index contributed by atoms with van der Waals surface area (Å²) in [7, 11) is 0. The van der Waals surface area contributed by atoms with Crippen LogP contribution in [0.15, 0.2) is 24.3 Å². The van der Waals surface area contributed by atoms with E-state index in [1.54, 1.807) is 0 Å². The number of halogens is 4. The molecule has 0 amide bonds. The molecular formula is C11H8F4O2. The summed E-state index contributed by atoms with van der Waals surface area (Å²) >= 11 is 0.